The van der Waals surface area contributed by atoms with E-state index in [0.29, 0.717) is 5.56 Å². The van der Waals surface area contributed by atoms with Gasteiger partial charge in [-0.25, -0.2) is 0 Å². The van der Waals surface area contributed by atoms with Crippen molar-refractivity contribution in [2.45, 2.75) is 0 Å². The number of nitrogens with two attached hydrogens (primary N) is 1. The van der Waals surface area contributed by atoms with E-state index in [2.05, 4.69) is 4.98 Å². The molecule has 0 spiro atoms. The molecule has 0 radical (unpaired) electrons. The smallest absolute Gasteiger partial charge is 0.259 e. The summed E-state index contributed by atoms with van der Waals surface area (Å²) < 4.78 is 0. The maximum Gasteiger partial charge on any atom is 0.259 e. The lowest BCUT2D eigenvalue weighted by molar-refractivity contribution is -0.114. The molecule has 0 unspecified atom stereocenters. The fraction of sp³-hybridized carbons (Fsp3) is 0. The minimum absolute atomic E-state index is 0.218. The molecule has 0 fully saturated rings. The average molecular weight is 242 g/mol. The van der Waals surface area contributed by atoms with Crippen LogP contribution in [0.2, 0.25) is 10.0 Å². The van der Waals surface area contributed by atoms with E-state index in [9.17, 15) is 4.79 Å². The third-order valence-electron chi connectivity index (χ3n) is 1.56. The van der Waals surface area contributed by atoms with Crippen LogP contribution in [-0.4, -0.2) is 10.9 Å². The first-order valence-corrected chi connectivity index (χ1v) is 4.52. The summed E-state index contributed by atoms with van der Waals surface area (Å²) in [7, 11) is 0. The van der Waals surface area contributed by atoms with Gasteiger partial charge in [0.15, 0.2) is 0 Å². The van der Waals surface area contributed by atoms with E-state index < -0.39 is 5.91 Å². The zero-order chi connectivity index (χ0) is 11.4. The van der Waals surface area contributed by atoms with E-state index in [0.717, 1.165) is 0 Å². The molecule has 1 rings (SSSR count). The highest BCUT2D eigenvalue weighted by Gasteiger charge is 2.08. The van der Waals surface area contributed by atoms with Crippen molar-refractivity contribution in [3.8, 4) is 6.07 Å². The number of nitrogens with zero attached hydrogens (tertiary/aromatic N) is 2. The quantitative estimate of drug-likeness (QED) is 0.634. The summed E-state index contributed by atoms with van der Waals surface area (Å²) in [6.07, 6.45) is 3.94. The predicted molar refractivity (Wildman–Crippen MR) is 57.0 cm³/mol. The Kier molecular flexibility index (Phi) is 3.67. The number of pyridine rings is 1. The van der Waals surface area contributed by atoms with Crippen molar-refractivity contribution in [1.29, 1.82) is 5.26 Å². The van der Waals surface area contributed by atoms with Crippen LogP contribution in [0, 0.1) is 11.3 Å². The van der Waals surface area contributed by atoms with Crippen LogP contribution >= 0.6 is 23.2 Å². The Labute approximate surface area is 95.9 Å². The topological polar surface area (TPSA) is 79.8 Å². The van der Waals surface area contributed by atoms with Crippen LogP contribution in [0.3, 0.4) is 0 Å². The molecule has 1 heterocycles. The number of carbonyl (C=O) groups is 1. The summed E-state index contributed by atoms with van der Waals surface area (Å²) in [4.78, 5) is 14.5. The third-order valence-corrected chi connectivity index (χ3v) is 2.17. The van der Waals surface area contributed by atoms with E-state index in [1.54, 1.807) is 6.07 Å². The molecule has 1 aromatic rings. The molecule has 0 bridgehead atoms. The van der Waals surface area contributed by atoms with Gasteiger partial charge in [0.2, 0.25) is 0 Å². The van der Waals surface area contributed by atoms with Crippen LogP contribution in [0.25, 0.3) is 6.08 Å². The molecule has 1 amide bonds. The van der Waals surface area contributed by atoms with Crippen LogP contribution in [0.15, 0.2) is 18.0 Å². The van der Waals surface area contributed by atoms with Gasteiger partial charge in [-0.05, 0) is 6.08 Å². The molecule has 0 aliphatic carbocycles. The van der Waals surface area contributed by atoms with E-state index in [-0.39, 0.29) is 15.6 Å². The number of rotatable bonds is 2. The number of halogens is 2. The van der Waals surface area contributed by atoms with Crippen molar-refractivity contribution in [3.05, 3.63) is 33.6 Å². The highest BCUT2D eigenvalue weighted by molar-refractivity contribution is 6.37. The van der Waals surface area contributed by atoms with Crippen molar-refractivity contribution >= 4 is 35.2 Å². The van der Waals surface area contributed by atoms with E-state index in [1.165, 1.54) is 18.5 Å². The molecule has 1 aromatic heterocycles. The average Bonchev–Trinajstić information content (AvgIpc) is 2.17. The minimum atomic E-state index is -0.832. The molecule has 15 heavy (non-hydrogen) atoms. The summed E-state index contributed by atoms with van der Waals surface area (Å²) in [5.41, 5.74) is 5.10. The van der Waals surface area contributed by atoms with Crippen LogP contribution in [0.1, 0.15) is 5.56 Å². The monoisotopic (exact) mass is 241 g/mol. The zero-order valence-electron chi connectivity index (χ0n) is 7.37. The lowest BCUT2D eigenvalue weighted by Crippen LogP contribution is -2.12. The van der Waals surface area contributed by atoms with Crippen LogP contribution in [-0.2, 0) is 4.79 Å². The Morgan fingerprint density at radius 2 is 2.00 bits per heavy atom. The maximum absolute atomic E-state index is 10.8. The summed E-state index contributed by atoms with van der Waals surface area (Å²) in [6.45, 7) is 0. The SMILES string of the molecule is N#CC(=Cc1c(Cl)cncc1Cl)C(N)=O. The Balaban J connectivity index is 3.30. The molecule has 0 saturated heterocycles. The minimum Gasteiger partial charge on any atom is -0.365 e. The van der Waals surface area contributed by atoms with Crippen LogP contribution in [0.5, 0.6) is 0 Å². The molecule has 0 saturated carbocycles. The Hall–Kier alpha value is -1.57. The van der Waals surface area contributed by atoms with E-state index in [4.69, 9.17) is 34.2 Å². The zero-order valence-corrected chi connectivity index (χ0v) is 8.88. The van der Waals surface area contributed by atoms with Crippen molar-refractivity contribution in [2.24, 2.45) is 5.73 Å². The standard InChI is InChI=1S/C9H5Cl2N3O/c10-7-3-14-4-8(11)6(7)1-5(2-12)9(13)15/h1,3-4H,(H2,13,15). The van der Waals surface area contributed by atoms with Crippen molar-refractivity contribution in [3.63, 3.8) is 0 Å². The first-order valence-electron chi connectivity index (χ1n) is 3.77. The van der Waals surface area contributed by atoms with E-state index >= 15 is 0 Å². The largest absolute Gasteiger partial charge is 0.365 e. The molecule has 0 aromatic carbocycles. The van der Waals surface area contributed by atoms with Crippen molar-refractivity contribution < 1.29 is 4.79 Å². The fourth-order valence-electron chi connectivity index (χ4n) is 0.862. The van der Waals surface area contributed by atoms with Gasteiger partial charge >= 0.3 is 0 Å². The molecule has 6 heteroatoms. The molecule has 0 atom stereocenters. The number of aromatic nitrogens is 1. The molecule has 0 aliphatic heterocycles. The van der Waals surface area contributed by atoms with Gasteiger partial charge in [0.05, 0.1) is 10.0 Å². The molecule has 0 aliphatic rings. The molecule has 4 nitrogen and oxygen atoms in total. The number of primary amides is 1. The Bertz CT molecular complexity index is 456. The number of hydrogen-bond donors (Lipinski definition) is 1. The van der Waals surface area contributed by atoms with Gasteiger partial charge < -0.3 is 5.73 Å². The maximum atomic E-state index is 10.8. The van der Waals surface area contributed by atoms with Gasteiger partial charge in [-0.1, -0.05) is 23.2 Å². The van der Waals surface area contributed by atoms with Gasteiger partial charge in [-0.15, -0.1) is 0 Å². The number of nitriles is 1. The normalized spacial score (nSPS) is 10.9. The van der Waals surface area contributed by atoms with Crippen LogP contribution < -0.4 is 5.73 Å². The van der Waals surface area contributed by atoms with E-state index in [1.807, 2.05) is 0 Å². The summed E-state index contributed by atoms with van der Waals surface area (Å²) in [5.74, 6) is -0.832. The third kappa shape index (κ3) is 2.69. The summed E-state index contributed by atoms with van der Waals surface area (Å²) >= 11 is 11.6. The number of hydrogen-bond acceptors (Lipinski definition) is 3. The Morgan fingerprint density at radius 3 is 2.40 bits per heavy atom. The van der Waals surface area contributed by atoms with Gasteiger partial charge in [0.1, 0.15) is 11.6 Å². The fourth-order valence-corrected chi connectivity index (χ4v) is 1.34. The molecular weight excluding hydrogens is 237 g/mol. The van der Waals surface area contributed by atoms with Crippen molar-refractivity contribution in [1.82, 2.24) is 4.98 Å². The highest BCUT2D eigenvalue weighted by Crippen LogP contribution is 2.25. The highest BCUT2D eigenvalue weighted by atomic mass is 35.5. The second kappa shape index (κ2) is 4.78. The lowest BCUT2D eigenvalue weighted by atomic mass is 10.1. The first kappa shape index (κ1) is 11.5. The van der Waals surface area contributed by atoms with Gasteiger partial charge in [0, 0.05) is 18.0 Å². The molecule has 76 valence electrons. The van der Waals surface area contributed by atoms with Crippen molar-refractivity contribution in [2.75, 3.05) is 0 Å². The lowest BCUT2D eigenvalue weighted by Gasteiger charge is -2.00. The van der Waals surface area contributed by atoms with Gasteiger partial charge in [-0.2, -0.15) is 5.26 Å². The number of carbonyl (C=O) groups excluding carboxylic acids is 1. The summed E-state index contributed by atoms with van der Waals surface area (Å²) in [6, 6.07) is 1.65. The first-order chi connectivity index (χ1) is 7.06. The second-order valence-corrected chi connectivity index (χ2v) is 3.37. The summed E-state index contributed by atoms with van der Waals surface area (Å²) in [5, 5.41) is 9.11. The Morgan fingerprint density at radius 1 is 1.47 bits per heavy atom. The number of amides is 1. The molecular formula is C9H5Cl2N3O. The van der Waals surface area contributed by atoms with Gasteiger partial charge in [0.25, 0.3) is 5.91 Å². The van der Waals surface area contributed by atoms with Gasteiger partial charge in [-0.3, -0.25) is 9.78 Å². The van der Waals surface area contributed by atoms with Crippen LogP contribution in [0.4, 0.5) is 0 Å². The second-order valence-electron chi connectivity index (χ2n) is 2.55. The molecule has 2 N–H and O–H groups in total. The predicted octanol–water partition coefficient (Wildman–Crippen LogP) is 1.78.